The third-order valence-corrected chi connectivity index (χ3v) is 30.4. The molecule has 7 heterocycles. The molecule has 16 unspecified atom stereocenters. The molecule has 0 radical (unpaired) electrons. The Balaban J connectivity index is 0.824. The quantitative estimate of drug-likeness (QED) is 0.0253. The number of esters is 1. The number of carbonyl (C=O) groups is 3. The Kier molecular flexibility index (Phi) is 21.2. The van der Waals surface area contributed by atoms with Crippen LogP contribution in [0.5, 0.6) is 0 Å². The number of allylic oxidation sites excluding steroid dienone is 2. The van der Waals surface area contributed by atoms with E-state index in [0.717, 1.165) is 50.5 Å². The summed E-state index contributed by atoms with van der Waals surface area (Å²) in [7, 11) is 1.76. The van der Waals surface area contributed by atoms with Crippen molar-refractivity contribution in [3.63, 3.8) is 0 Å². The van der Waals surface area contributed by atoms with Gasteiger partial charge in [-0.2, -0.15) is 0 Å². The number of fused-ring (bicyclic) bond motifs is 9. The molecule has 11 fully saturated rings. The Bertz CT molecular complexity index is 3290. The average Bonchev–Trinajstić information content (AvgIpc) is 0.737. The van der Waals surface area contributed by atoms with Gasteiger partial charge in [-0.15, -0.1) is 0 Å². The Hall–Kier alpha value is -3.44. The van der Waals surface area contributed by atoms with Crippen molar-refractivity contribution in [2.45, 2.75) is 338 Å². The van der Waals surface area contributed by atoms with Crippen LogP contribution in [0, 0.1) is 97.6 Å². The maximum absolute atomic E-state index is 17.0. The number of aldehydes is 1. The summed E-state index contributed by atoms with van der Waals surface area (Å²) in [6.45, 7) is 43.9. The largest absolute Gasteiger partial charge is 0.426 e. The second-order valence-corrected chi connectivity index (χ2v) is 36.7. The maximum Gasteiger partial charge on any atom is 0.318 e. The van der Waals surface area contributed by atoms with E-state index < -0.39 is 144 Å². The molecule has 35 atom stereocenters. The highest BCUT2D eigenvalue weighted by Crippen LogP contribution is 2.77. The molecule has 1 aromatic rings. The number of nitrogens with zero attached hydrogens (tertiary/aromatic N) is 3. The van der Waals surface area contributed by atoms with Gasteiger partial charge in [0.1, 0.15) is 42.2 Å². The molecule has 5 aliphatic carbocycles. The van der Waals surface area contributed by atoms with E-state index in [1.54, 1.807) is 14.0 Å². The first-order valence-electron chi connectivity index (χ1n) is 39.5. The van der Waals surface area contributed by atoms with E-state index >= 15 is 4.79 Å². The van der Waals surface area contributed by atoms with Gasteiger partial charge in [0, 0.05) is 29.8 Å². The lowest BCUT2D eigenvalue weighted by atomic mass is 9.33. The van der Waals surface area contributed by atoms with Crippen LogP contribution in [0.4, 0.5) is 0 Å². The highest BCUT2D eigenvalue weighted by atomic mass is 16.8. The van der Waals surface area contributed by atoms with E-state index in [1.807, 2.05) is 71.9 Å². The predicted molar refractivity (Wildman–Crippen MR) is 380 cm³/mol. The van der Waals surface area contributed by atoms with Gasteiger partial charge >= 0.3 is 5.97 Å². The molecule has 102 heavy (non-hydrogen) atoms. The van der Waals surface area contributed by atoms with Gasteiger partial charge in [-0.3, -0.25) is 9.59 Å². The summed E-state index contributed by atoms with van der Waals surface area (Å²) in [6, 6.07) is 9.48. The zero-order valence-corrected chi connectivity index (χ0v) is 65.3. The van der Waals surface area contributed by atoms with E-state index in [0.29, 0.717) is 56.7 Å². The molecule has 20 nitrogen and oxygen atoms in total. The second-order valence-electron chi connectivity index (χ2n) is 36.7. The first kappa shape index (κ1) is 76.7. The van der Waals surface area contributed by atoms with Gasteiger partial charge in [-0.1, -0.05) is 158 Å². The fourth-order valence-electron chi connectivity index (χ4n) is 23.3. The van der Waals surface area contributed by atoms with Crippen molar-refractivity contribution in [2.24, 2.45) is 103 Å². The maximum atomic E-state index is 17.0. The zero-order valence-electron chi connectivity index (χ0n) is 65.3. The van der Waals surface area contributed by atoms with Crippen molar-refractivity contribution in [1.29, 1.82) is 0 Å². The summed E-state index contributed by atoms with van der Waals surface area (Å²) < 4.78 is 99.1. The third kappa shape index (κ3) is 12.3. The van der Waals surface area contributed by atoms with Crippen LogP contribution >= 0.6 is 0 Å². The molecule has 0 amide bonds. The van der Waals surface area contributed by atoms with Crippen LogP contribution in [0.15, 0.2) is 47.1 Å². The van der Waals surface area contributed by atoms with Gasteiger partial charge in [0.05, 0.1) is 67.4 Å². The van der Waals surface area contributed by atoms with Crippen molar-refractivity contribution >= 4 is 18.0 Å². The highest BCUT2D eigenvalue weighted by molar-refractivity contribution is 5.81. The molecule has 0 N–H and O–H groups in total. The van der Waals surface area contributed by atoms with Gasteiger partial charge in [0.2, 0.25) is 0 Å². The minimum atomic E-state index is -1.83. The average molecular weight is 1420 g/mol. The Labute approximate surface area is 608 Å². The third-order valence-electron chi connectivity index (χ3n) is 30.4. The van der Waals surface area contributed by atoms with Crippen molar-refractivity contribution in [1.82, 2.24) is 0 Å². The molecular formula is C82H125N3O17. The molecule has 0 spiro atoms. The summed E-state index contributed by atoms with van der Waals surface area (Å²) in [5.41, 5.74) is 8.75. The molecule has 1 aromatic carbocycles. The molecule has 7 aliphatic heterocycles. The Morgan fingerprint density at radius 2 is 1.35 bits per heavy atom. The van der Waals surface area contributed by atoms with Crippen molar-refractivity contribution in [3.05, 3.63) is 58.0 Å². The number of hydrogen-bond donors (Lipinski definition) is 0. The molecule has 7 saturated heterocycles. The minimum absolute atomic E-state index is 0.0199. The lowest BCUT2D eigenvalue weighted by molar-refractivity contribution is -0.464. The summed E-state index contributed by atoms with van der Waals surface area (Å²) in [6.07, 6.45) is -0.185. The van der Waals surface area contributed by atoms with Crippen LogP contribution in [-0.2, 0) is 87.3 Å². The number of ketones is 1. The van der Waals surface area contributed by atoms with Crippen LogP contribution in [0.2, 0.25) is 0 Å². The molecule has 20 heteroatoms. The van der Waals surface area contributed by atoms with Gasteiger partial charge < -0.3 is 71.1 Å². The van der Waals surface area contributed by atoms with E-state index in [1.165, 1.54) is 11.9 Å². The number of Topliss-reactive ketones (excluding diaryl/α,β-unsaturated/α-hetero) is 1. The van der Waals surface area contributed by atoms with Crippen molar-refractivity contribution in [3.8, 4) is 0 Å². The first-order chi connectivity index (χ1) is 48.2. The van der Waals surface area contributed by atoms with Gasteiger partial charge in [-0.05, 0) is 178 Å². The molecule has 13 rings (SSSR count). The summed E-state index contributed by atoms with van der Waals surface area (Å²) in [5.74, 6) is -3.08. The number of azide groups is 1. The van der Waals surface area contributed by atoms with Crippen LogP contribution in [0.1, 0.15) is 215 Å². The van der Waals surface area contributed by atoms with Gasteiger partial charge in [0.15, 0.2) is 42.6 Å². The molecule has 4 saturated carbocycles. The van der Waals surface area contributed by atoms with E-state index in [4.69, 9.17) is 66.3 Å². The number of hydrogen-bond acceptors (Lipinski definition) is 18. The van der Waals surface area contributed by atoms with E-state index in [-0.39, 0.29) is 69.6 Å². The van der Waals surface area contributed by atoms with Crippen molar-refractivity contribution in [2.75, 3.05) is 13.7 Å². The first-order valence-corrected chi connectivity index (χ1v) is 39.5. The fraction of sp³-hybridized carbons (Fsp3) is 0.866. The normalized spacial score (nSPS) is 51.5. The molecular weight excluding hydrogens is 1300 g/mol. The van der Waals surface area contributed by atoms with Crippen LogP contribution < -0.4 is 0 Å². The number of methoxy groups -OCH3 is 1. The molecule has 12 aliphatic rings. The zero-order chi connectivity index (χ0) is 73.5. The highest BCUT2D eigenvalue weighted by Gasteiger charge is 2.78. The van der Waals surface area contributed by atoms with Crippen molar-refractivity contribution < 1.29 is 80.7 Å². The number of benzene rings is 1. The van der Waals surface area contributed by atoms with Crippen LogP contribution in [0.3, 0.4) is 0 Å². The predicted octanol–water partition coefficient (Wildman–Crippen LogP) is 15.0. The van der Waals surface area contributed by atoms with Crippen LogP contribution in [-0.4, -0.2) is 154 Å². The van der Waals surface area contributed by atoms with Gasteiger partial charge in [-0.25, -0.2) is 0 Å². The monoisotopic (exact) mass is 1420 g/mol. The molecule has 0 bridgehead atoms. The lowest BCUT2D eigenvalue weighted by Crippen LogP contribution is -2.82. The number of ether oxygens (including phenoxy) is 14. The topological polar surface area (TPSA) is 229 Å². The van der Waals surface area contributed by atoms with E-state index in [9.17, 15) is 15.1 Å². The summed E-state index contributed by atoms with van der Waals surface area (Å²) in [5, 5.41) is 4.26. The Morgan fingerprint density at radius 3 is 2.03 bits per heavy atom. The minimum Gasteiger partial charge on any atom is -0.426 e. The lowest BCUT2D eigenvalue weighted by Gasteiger charge is -2.72. The second kappa shape index (κ2) is 28.2. The van der Waals surface area contributed by atoms with Crippen LogP contribution in [0.25, 0.3) is 10.4 Å². The standard InChI is InChI=1S/C82H125N3O17/c1-22-55-45(6)44(5)47(8)72(94-55)98-68-63(97-71-46(7)43(4)42(3)39-91-71)49(10)62(50(11)87)96-73(68)95-59-32-33-77(17)57(78(59,18)41-86)31-34-79(19)58(77)30-29-53-54-37-75(13,14)35-36-81(54,60(89-21)38-80(53,79)20)74(88)102-82(69-64(101-82)48(9)61(84-85-83)56(23-2)93-69)70-67-66(99-76(15,16)100-67)65(51(12)92-70)90-40-52-27-25-24-26-28-52/h24-29,41-49,51,54-73H,22-23,30-40H2,1-21H3/t42-,43+,44+,45-,46?,47?,48?,49-,51?,54?,55?,56?,57-,58?,59+,60?,61-,62?,63+,64?,65+,66?,67?,68?,69-,70-,71+,72+,73-,77?,78-,79+,80-,81-,82?/m1/s1. The molecule has 570 valence electrons. The van der Waals surface area contributed by atoms with Gasteiger partial charge in [0.25, 0.3) is 5.79 Å². The SMILES string of the molecule is CCC1O[C@@H]2C(OC2(OC(=O)[C@]23CCC(C)(C)CC2C2=CCC4C5(C)CC[C@H](O[C@@H]6OC(C(C)=O)[C@@H](C)[C@H](O[C@@H]7OC[C@@H](C)[C@H](C)C7C)C6O[C@@H]6OC(CC)[C@H](C)[C@H](C)C6C)[C@](C)(C=O)[C@@H]5CC[C@]4(C)[C@]2(C)CC3OC)[C@@H]2OC(C)[C@H](OCc3ccccc3)C3OC(C)(C)OC32)C(C)[C@H]1N=[N+]=[N-]. The summed E-state index contributed by atoms with van der Waals surface area (Å²) in [4.78, 5) is 48.8. The fourth-order valence-corrected chi connectivity index (χ4v) is 23.3. The Morgan fingerprint density at radius 1 is 0.667 bits per heavy atom. The summed E-state index contributed by atoms with van der Waals surface area (Å²) >= 11 is 0. The number of carbonyl (C=O) groups excluding carboxylic acids is 3. The number of rotatable bonds is 18. The van der Waals surface area contributed by atoms with E-state index in [2.05, 4.69) is 106 Å². The molecule has 0 aromatic heterocycles. The smallest absolute Gasteiger partial charge is 0.318 e.